The second kappa shape index (κ2) is 7.78. The van der Waals surface area contributed by atoms with Crippen molar-refractivity contribution in [3.8, 4) is 0 Å². The molecular formula is C16H17F3N2O2S. The van der Waals surface area contributed by atoms with Gasteiger partial charge in [-0.2, -0.15) is 4.31 Å². The van der Waals surface area contributed by atoms with Crippen LogP contribution >= 0.6 is 0 Å². The highest BCUT2D eigenvalue weighted by Gasteiger charge is 2.31. The molecule has 0 aliphatic heterocycles. The van der Waals surface area contributed by atoms with E-state index >= 15 is 0 Å². The zero-order chi connectivity index (χ0) is 17.7. The van der Waals surface area contributed by atoms with Crippen molar-refractivity contribution in [1.29, 1.82) is 0 Å². The summed E-state index contributed by atoms with van der Waals surface area (Å²) in [6.45, 7) is 0.138. The zero-order valence-corrected chi connectivity index (χ0v) is 13.6. The third kappa shape index (κ3) is 4.14. The molecule has 0 atom stereocenters. The van der Waals surface area contributed by atoms with E-state index in [1.54, 1.807) is 30.3 Å². The second-order valence-electron chi connectivity index (χ2n) is 5.16. The number of nitrogens with two attached hydrogens (primary N) is 1. The maximum Gasteiger partial charge on any atom is 0.249 e. The molecule has 4 nitrogen and oxygen atoms in total. The van der Waals surface area contributed by atoms with Gasteiger partial charge in [-0.1, -0.05) is 30.3 Å². The molecule has 24 heavy (non-hydrogen) atoms. The van der Waals surface area contributed by atoms with Gasteiger partial charge in [0.2, 0.25) is 10.0 Å². The SMILES string of the molecule is NCCCN(Cc1ccccc1)S(=O)(=O)c1c(F)cc(F)cc1F. The molecule has 2 rings (SSSR count). The number of hydrogen-bond acceptors (Lipinski definition) is 3. The van der Waals surface area contributed by atoms with Crippen molar-refractivity contribution >= 4 is 10.0 Å². The summed E-state index contributed by atoms with van der Waals surface area (Å²) in [5.41, 5.74) is 6.07. The first-order valence-corrected chi connectivity index (χ1v) is 8.69. The van der Waals surface area contributed by atoms with E-state index in [4.69, 9.17) is 5.73 Å². The second-order valence-corrected chi connectivity index (χ2v) is 7.04. The lowest BCUT2D eigenvalue weighted by Crippen LogP contribution is -2.33. The Kier molecular flexibility index (Phi) is 5.98. The van der Waals surface area contributed by atoms with Gasteiger partial charge in [0.15, 0.2) is 4.90 Å². The van der Waals surface area contributed by atoms with E-state index in [1.165, 1.54) is 0 Å². The molecule has 0 unspecified atom stereocenters. The lowest BCUT2D eigenvalue weighted by Gasteiger charge is -2.22. The number of sulfonamides is 1. The summed E-state index contributed by atoms with van der Waals surface area (Å²) in [6, 6.07) is 9.30. The number of hydrogen-bond donors (Lipinski definition) is 1. The monoisotopic (exact) mass is 358 g/mol. The van der Waals surface area contributed by atoms with Crippen LogP contribution < -0.4 is 5.73 Å². The molecule has 8 heteroatoms. The Bertz CT molecular complexity index is 775. The minimum Gasteiger partial charge on any atom is -0.330 e. The summed E-state index contributed by atoms with van der Waals surface area (Å²) >= 11 is 0. The van der Waals surface area contributed by atoms with Gasteiger partial charge in [-0.25, -0.2) is 21.6 Å². The number of halogens is 3. The van der Waals surface area contributed by atoms with Crippen LogP contribution in [0.25, 0.3) is 0 Å². The van der Waals surface area contributed by atoms with Crippen LogP contribution in [0.5, 0.6) is 0 Å². The minimum absolute atomic E-state index is 0.00994. The van der Waals surface area contributed by atoms with E-state index in [2.05, 4.69) is 0 Å². The highest BCUT2D eigenvalue weighted by atomic mass is 32.2. The average Bonchev–Trinajstić information content (AvgIpc) is 2.51. The Balaban J connectivity index is 2.44. The molecule has 0 radical (unpaired) electrons. The topological polar surface area (TPSA) is 63.4 Å². The van der Waals surface area contributed by atoms with Crippen molar-refractivity contribution in [3.05, 3.63) is 65.5 Å². The predicted octanol–water partition coefficient (Wildman–Crippen LogP) is 2.64. The fraction of sp³-hybridized carbons (Fsp3) is 0.250. The summed E-state index contributed by atoms with van der Waals surface area (Å²) in [7, 11) is -4.49. The van der Waals surface area contributed by atoms with Gasteiger partial charge in [-0.3, -0.25) is 0 Å². The minimum atomic E-state index is -4.49. The molecule has 0 aliphatic carbocycles. The van der Waals surface area contributed by atoms with E-state index in [0.717, 1.165) is 4.31 Å². The van der Waals surface area contributed by atoms with Gasteiger partial charge in [0.05, 0.1) is 0 Å². The van der Waals surface area contributed by atoms with E-state index in [1.807, 2.05) is 0 Å². The lowest BCUT2D eigenvalue weighted by atomic mass is 10.2. The zero-order valence-electron chi connectivity index (χ0n) is 12.8. The van der Waals surface area contributed by atoms with Gasteiger partial charge in [-0.05, 0) is 18.5 Å². The molecule has 0 aromatic heterocycles. The summed E-state index contributed by atoms with van der Waals surface area (Å²) in [4.78, 5) is -1.16. The standard InChI is InChI=1S/C16H17F3N2O2S/c17-13-9-14(18)16(15(19)10-13)24(22,23)21(8-4-7-20)11-12-5-2-1-3-6-12/h1-3,5-6,9-10H,4,7-8,11,20H2. The van der Waals surface area contributed by atoms with Crippen molar-refractivity contribution in [2.45, 2.75) is 17.9 Å². The number of rotatable bonds is 7. The van der Waals surface area contributed by atoms with Crippen LogP contribution in [-0.4, -0.2) is 25.8 Å². The molecule has 0 spiro atoms. The van der Waals surface area contributed by atoms with Crippen LogP contribution in [0.15, 0.2) is 47.4 Å². The Morgan fingerprint density at radius 2 is 1.58 bits per heavy atom. The van der Waals surface area contributed by atoms with Crippen molar-refractivity contribution in [1.82, 2.24) is 4.31 Å². The molecule has 0 saturated carbocycles. The van der Waals surface area contributed by atoms with Gasteiger partial charge >= 0.3 is 0 Å². The highest BCUT2D eigenvalue weighted by Crippen LogP contribution is 2.25. The van der Waals surface area contributed by atoms with Crippen LogP contribution in [0.4, 0.5) is 13.2 Å². The van der Waals surface area contributed by atoms with E-state index < -0.39 is 32.4 Å². The van der Waals surface area contributed by atoms with Crippen molar-refractivity contribution in [3.63, 3.8) is 0 Å². The Morgan fingerprint density at radius 3 is 2.12 bits per heavy atom. The number of nitrogens with zero attached hydrogens (tertiary/aromatic N) is 1. The average molecular weight is 358 g/mol. The lowest BCUT2D eigenvalue weighted by molar-refractivity contribution is 0.392. The first-order chi connectivity index (χ1) is 11.4. The maximum absolute atomic E-state index is 13.9. The van der Waals surface area contributed by atoms with Crippen molar-refractivity contribution < 1.29 is 21.6 Å². The molecule has 0 amide bonds. The first kappa shape index (κ1) is 18.4. The molecule has 2 N–H and O–H groups in total. The molecular weight excluding hydrogens is 341 g/mol. The molecule has 130 valence electrons. The normalized spacial score (nSPS) is 11.9. The van der Waals surface area contributed by atoms with Crippen LogP contribution in [0, 0.1) is 17.5 Å². The fourth-order valence-corrected chi connectivity index (χ4v) is 3.80. The van der Waals surface area contributed by atoms with Gasteiger partial charge in [0.1, 0.15) is 17.5 Å². The van der Waals surface area contributed by atoms with E-state index in [9.17, 15) is 21.6 Å². The Hall–Kier alpha value is -1.90. The van der Waals surface area contributed by atoms with Crippen LogP contribution in [-0.2, 0) is 16.6 Å². The predicted molar refractivity (Wildman–Crippen MR) is 84.0 cm³/mol. The molecule has 0 fully saturated rings. The quantitative estimate of drug-likeness (QED) is 0.828. The van der Waals surface area contributed by atoms with Gasteiger partial charge < -0.3 is 5.73 Å². The molecule has 2 aromatic carbocycles. The number of benzene rings is 2. The third-order valence-corrected chi connectivity index (χ3v) is 5.27. The van der Waals surface area contributed by atoms with E-state index in [0.29, 0.717) is 24.1 Å². The van der Waals surface area contributed by atoms with Crippen molar-refractivity contribution in [2.24, 2.45) is 5.73 Å². The summed E-state index contributed by atoms with van der Waals surface area (Å²) in [6.07, 6.45) is 0.316. The fourth-order valence-electron chi connectivity index (χ4n) is 2.24. The smallest absolute Gasteiger partial charge is 0.249 e. The van der Waals surface area contributed by atoms with Gasteiger partial charge in [0, 0.05) is 25.2 Å². The van der Waals surface area contributed by atoms with Crippen LogP contribution in [0.1, 0.15) is 12.0 Å². The maximum atomic E-state index is 13.9. The van der Waals surface area contributed by atoms with Crippen LogP contribution in [0.3, 0.4) is 0 Å². The molecule has 0 aliphatic rings. The summed E-state index contributed by atoms with van der Waals surface area (Å²) < 4.78 is 67.2. The van der Waals surface area contributed by atoms with Crippen LogP contribution in [0.2, 0.25) is 0 Å². The largest absolute Gasteiger partial charge is 0.330 e. The highest BCUT2D eigenvalue weighted by molar-refractivity contribution is 7.89. The van der Waals surface area contributed by atoms with Gasteiger partial charge in [0.25, 0.3) is 0 Å². The van der Waals surface area contributed by atoms with Gasteiger partial charge in [-0.15, -0.1) is 0 Å². The molecule has 0 bridgehead atoms. The summed E-state index contributed by atoms with van der Waals surface area (Å²) in [5, 5.41) is 0. The Labute approximate surface area is 138 Å². The molecule has 2 aromatic rings. The molecule has 0 heterocycles. The van der Waals surface area contributed by atoms with Crippen molar-refractivity contribution in [2.75, 3.05) is 13.1 Å². The third-order valence-electron chi connectivity index (χ3n) is 3.37. The summed E-state index contributed by atoms with van der Waals surface area (Å²) in [5.74, 6) is -4.10. The molecule has 0 saturated heterocycles. The van der Waals surface area contributed by atoms with E-state index in [-0.39, 0.29) is 19.6 Å². The first-order valence-electron chi connectivity index (χ1n) is 7.25. The Morgan fingerprint density at radius 1 is 1.00 bits per heavy atom.